The van der Waals surface area contributed by atoms with Crippen LogP contribution in [0.15, 0.2) is 290 Å². The Morgan fingerprint density at radius 3 is 0.827 bits per heavy atom. The van der Waals surface area contributed by atoms with Gasteiger partial charge in [0.1, 0.15) is 33.0 Å². The quantitative estimate of drug-likeness (QED) is 0.0284. The molecule has 10 aromatic rings. The average molecular weight is 1420 g/mol. The van der Waals surface area contributed by atoms with E-state index >= 15 is 0 Å². The predicted molar refractivity (Wildman–Crippen MR) is 436 cm³/mol. The first kappa shape index (κ1) is 71.0. The van der Waals surface area contributed by atoms with Gasteiger partial charge in [0.15, 0.2) is 34.3 Å². The Morgan fingerprint density at radius 2 is 0.567 bits per heavy atom. The molecule has 8 aromatic carbocycles. The van der Waals surface area contributed by atoms with Crippen molar-refractivity contribution in [2.45, 2.75) is 130 Å². The van der Waals surface area contributed by atoms with Crippen LogP contribution in [0.25, 0.3) is 0 Å². The van der Waals surface area contributed by atoms with Crippen LogP contribution in [0.2, 0.25) is 0 Å². The molecule has 0 aliphatic carbocycles. The Balaban J connectivity index is 0.920. The van der Waals surface area contributed by atoms with Gasteiger partial charge in [0.2, 0.25) is 0 Å². The normalized spacial score (nSPS) is 14.6. The Hall–Kier alpha value is -10.0. The fraction of sp³-hybridized carbons (Fsp3) is 0.267. The summed E-state index contributed by atoms with van der Waals surface area (Å²) in [4.78, 5) is 6.83. The zero-order chi connectivity index (χ0) is 70.9. The molecule has 0 N–H and O–H groups in total. The Kier molecular flexibility index (Phi) is 23.3. The predicted octanol–water partition coefficient (Wildman–Crippen LogP) is 21.0. The van der Waals surface area contributed by atoms with Crippen molar-refractivity contribution in [3.63, 3.8) is 0 Å². The molecule has 0 atom stereocenters. The average Bonchev–Trinajstić information content (AvgIpc) is 1.44. The number of fused-ring (bicyclic) bond motifs is 3. The van der Waals surface area contributed by atoms with Crippen molar-refractivity contribution in [2.24, 2.45) is 0 Å². The van der Waals surface area contributed by atoms with E-state index in [1.165, 1.54) is 77.0 Å². The number of anilines is 6. The van der Waals surface area contributed by atoms with E-state index in [0.29, 0.717) is 37.9 Å². The maximum atomic E-state index is 8.32. The Bertz CT molecular complexity index is 4180. The van der Waals surface area contributed by atoms with E-state index in [-0.39, 0.29) is 0 Å². The van der Waals surface area contributed by atoms with Crippen LogP contribution < -0.4 is 50.6 Å². The van der Waals surface area contributed by atoms with Gasteiger partial charge >= 0.3 is 13.0 Å². The van der Waals surface area contributed by atoms with Crippen LogP contribution in [0.5, 0.6) is 23.0 Å². The highest BCUT2D eigenvalue weighted by Crippen LogP contribution is 2.48. The molecule has 0 saturated carbocycles. The van der Waals surface area contributed by atoms with E-state index in [1.54, 1.807) is 22.7 Å². The van der Waals surface area contributed by atoms with E-state index in [2.05, 4.69) is 313 Å². The van der Waals surface area contributed by atoms with Crippen molar-refractivity contribution in [1.82, 2.24) is 0 Å². The van der Waals surface area contributed by atoms with Crippen molar-refractivity contribution in [2.75, 3.05) is 36.2 Å². The molecule has 0 fully saturated rings. The van der Waals surface area contributed by atoms with Crippen molar-refractivity contribution in [1.29, 1.82) is 0 Å². The summed E-state index contributed by atoms with van der Waals surface area (Å²) < 4.78 is 46.9. The number of hydrogen-bond acceptors (Lipinski definition) is 10. The number of thiophene rings is 2. The Morgan fingerprint density at radius 1 is 0.298 bits per heavy atom. The van der Waals surface area contributed by atoms with Gasteiger partial charge in [-0.2, -0.15) is 0 Å². The van der Waals surface area contributed by atoms with Crippen molar-refractivity contribution >= 4 is 102 Å². The second-order valence-corrected chi connectivity index (χ2v) is 29.7. The molecule has 4 aliphatic rings. The second-order valence-electron chi connectivity index (χ2n) is 27.5. The number of hydrogen-bond donors (Lipinski definition) is 0. The molecule has 2 aromatic heterocycles. The van der Waals surface area contributed by atoms with E-state index in [1.807, 2.05) is 0 Å². The van der Waals surface area contributed by atoms with Crippen LogP contribution in [-0.2, 0) is 9.31 Å². The molecule has 0 unspecified atom stereocenters. The maximum Gasteiger partial charge on any atom is 0.514 e. The van der Waals surface area contributed by atoms with Gasteiger partial charge in [-0.3, -0.25) is 0 Å². The number of nitrogens with zero attached hydrogens (tertiary/aromatic N) is 4. The number of rotatable bonds is 36. The summed E-state index contributed by atoms with van der Waals surface area (Å²) in [5, 5.41) is 2.10. The third-order valence-electron chi connectivity index (χ3n) is 20.4. The Labute approximate surface area is 624 Å². The highest BCUT2D eigenvalue weighted by molar-refractivity contribution is 7.18. The number of unbranched alkanes of at least 4 members (excludes halogenated alkanes) is 12. The molecule has 6 heterocycles. The summed E-state index contributed by atoms with van der Waals surface area (Å²) >= 11 is 3.51. The van der Waals surface area contributed by atoms with Crippen LogP contribution in [-0.4, -0.2) is 59.8 Å². The number of allylic oxidation sites excluding steroid dienone is 4. The lowest BCUT2D eigenvalue weighted by molar-refractivity contribution is -0.373. The number of ether oxygens (including phenoxy) is 4. The first-order valence-corrected chi connectivity index (χ1v) is 39.9. The smallest absolute Gasteiger partial charge is 0.514 e. The maximum absolute atomic E-state index is 8.32. The van der Waals surface area contributed by atoms with Crippen LogP contribution in [0.1, 0.15) is 140 Å². The summed E-state index contributed by atoms with van der Waals surface area (Å²) in [6.07, 6.45) is 27.5. The van der Waals surface area contributed by atoms with Gasteiger partial charge in [0.05, 0.1) is 36.2 Å². The van der Waals surface area contributed by atoms with E-state index < -0.39 is 13.0 Å². The molecular formula is C90H96B2N4O6S2. The number of benzene rings is 8. The third kappa shape index (κ3) is 15.2. The molecular weight excluding hydrogens is 1320 g/mol. The van der Waals surface area contributed by atoms with Gasteiger partial charge < -0.3 is 47.0 Å². The van der Waals surface area contributed by atoms with E-state index in [9.17, 15) is 0 Å². The van der Waals surface area contributed by atoms with Crippen molar-refractivity contribution in [3.05, 3.63) is 300 Å². The molecule has 10 nitrogen and oxygen atoms in total. The molecule has 14 heteroatoms. The summed E-state index contributed by atoms with van der Waals surface area (Å²) in [5.74, 6) is 4.81. The SMILES string of the molecule is CCCCCCOc1ccc(N(c2ccc(OCCCCCC)cc2)c2ccc(C3=[N+]4C(=C5O[B-](c6ccccc6)(c6ccccc6)[N+]6=C(c7ccc(N(c8ccc(OCCCCCC)cc8)c8ccc(OCCCCCC)cc8)s7)C=CC6=C5O[B-]4(c4ccccc4)c4ccccc4)C=C3)s2)cc1. The van der Waals surface area contributed by atoms with Crippen molar-refractivity contribution in [3.8, 4) is 23.0 Å². The van der Waals surface area contributed by atoms with Gasteiger partial charge in [-0.05, 0) is 147 Å². The molecule has 0 spiro atoms. The fourth-order valence-electron chi connectivity index (χ4n) is 15.1. The molecule has 0 radical (unpaired) electrons. The summed E-state index contributed by atoms with van der Waals surface area (Å²) in [5.41, 5.74) is 12.0. The lowest BCUT2D eigenvalue weighted by Gasteiger charge is -2.50. The minimum Gasteiger partial charge on any atom is -0.644 e. The lowest BCUT2D eigenvalue weighted by atomic mass is 9.39. The van der Waals surface area contributed by atoms with Crippen LogP contribution in [0.3, 0.4) is 0 Å². The minimum absolute atomic E-state index is 0.670. The summed E-state index contributed by atoms with van der Waals surface area (Å²) in [6.45, 7) is 7.06. The zero-order valence-corrected chi connectivity index (χ0v) is 62.4. The first-order valence-electron chi connectivity index (χ1n) is 38.2. The van der Waals surface area contributed by atoms with E-state index in [0.717, 1.165) is 136 Å². The third-order valence-corrected chi connectivity index (χ3v) is 22.6. The van der Waals surface area contributed by atoms with Gasteiger partial charge in [0, 0.05) is 47.1 Å². The monoisotopic (exact) mass is 1410 g/mol. The van der Waals surface area contributed by atoms with Gasteiger partial charge in [-0.1, -0.05) is 248 Å². The molecule has 0 amide bonds. The fourth-order valence-corrected chi connectivity index (χ4v) is 17.2. The summed E-state index contributed by atoms with van der Waals surface area (Å²) in [6, 6.07) is 86.6. The topological polar surface area (TPSA) is 67.9 Å². The molecule has 530 valence electrons. The summed E-state index contributed by atoms with van der Waals surface area (Å²) in [7, 11) is 0. The highest BCUT2D eigenvalue weighted by atomic mass is 32.1. The molecule has 104 heavy (non-hydrogen) atoms. The van der Waals surface area contributed by atoms with Gasteiger partial charge in [-0.25, -0.2) is 0 Å². The molecule has 14 rings (SSSR count). The highest BCUT2D eigenvalue weighted by Gasteiger charge is 2.61. The first-order chi connectivity index (χ1) is 51.4. The van der Waals surface area contributed by atoms with Gasteiger partial charge in [-0.15, -0.1) is 22.7 Å². The zero-order valence-electron chi connectivity index (χ0n) is 60.8. The second kappa shape index (κ2) is 34.1. The molecule has 0 bridgehead atoms. The minimum atomic E-state index is -2.35. The van der Waals surface area contributed by atoms with Crippen molar-refractivity contribution < 1.29 is 37.2 Å². The largest absolute Gasteiger partial charge is 0.644 e. The van der Waals surface area contributed by atoms with Crippen LogP contribution >= 0.6 is 22.7 Å². The van der Waals surface area contributed by atoms with Gasteiger partial charge in [0.25, 0.3) is 0 Å². The molecule has 4 aliphatic heterocycles. The lowest BCUT2D eigenvalue weighted by Crippen LogP contribution is -2.74. The van der Waals surface area contributed by atoms with Crippen LogP contribution in [0, 0.1) is 0 Å². The molecule has 0 saturated heterocycles. The van der Waals surface area contributed by atoms with E-state index in [4.69, 9.17) is 28.3 Å². The van der Waals surface area contributed by atoms with Crippen LogP contribution in [0.4, 0.5) is 32.8 Å². The standard InChI is InChI=1S/C90H96B2N4O6S2/c1-5-9-13-29-65-97-77-49-41-73(42-50-77)93(74-43-51-78(52-44-74)98-66-30-14-10-6-2)87-63-61-85(103-87)81-57-59-83-89-90(101-91(95(81)83,69-33-21-17-22-34-69)70-35-23-18-24-36-70)84-60-58-82(96(84)92(102-89,71-37-25-19-26-38-71)72-39-27-20-28-40-72)86-62-64-88(104-86)94(75-45-53-79(54-46-75)99-67-31-15-11-7-3)76-47-55-80(56-48-76)100-68-32-16-12-8-4/h17-28,33-64H,5-16,29-32,65-68H2,1-4H3.